The second kappa shape index (κ2) is 7.98. The van der Waals surface area contributed by atoms with Crippen LogP contribution in [-0.2, 0) is 0 Å². The summed E-state index contributed by atoms with van der Waals surface area (Å²) in [5.41, 5.74) is 4.77. The smallest absolute Gasteiger partial charge is 0.193 e. The van der Waals surface area contributed by atoms with Gasteiger partial charge in [0.2, 0.25) is 0 Å². The number of hydrogen-bond acceptors (Lipinski definition) is 5. The molecule has 0 spiro atoms. The highest BCUT2D eigenvalue weighted by atomic mass is 32.2. The van der Waals surface area contributed by atoms with E-state index in [4.69, 9.17) is 15.1 Å². The van der Waals surface area contributed by atoms with Gasteiger partial charge in [0.15, 0.2) is 16.8 Å². The van der Waals surface area contributed by atoms with Crippen molar-refractivity contribution >= 4 is 28.4 Å². The van der Waals surface area contributed by atoms with E-state index in [9.17, 15) is 4.79 Å². The molecule has 5 aromatic rings. The zero-order valence-electron chi connectivity index (χ0n) is 18.0. The van der Waals surface area contributed by atoms with Crippen molar-refractivity contribution in [1.29, 1.82) is 0 Å². The number of Topliss-reactive ketones (excluding diaryl/α,β-unsaturated/α-hetero) is 1. The molecule has 0 amide bonds. The van der Waals surface area contributed by atoms with Gasteiger partial charge in [-0.05, 0) is 30.3 Å². The second-order valence-corrected chi connectivity index (χ2v) is 9.13. The molecule has 160 valence electrons. The molecule has 3 aromatic carbocycles. The summed E-state index contributed by atoms with van der Waals surface area (Å²) < 4.78 is 1.90. The summed E-state index contributed by atoms with van der Waals surface area (Å²) in [4.78, 5) is 23.1. The van der Waals surface area contributed by atoms with Crippen LogP contribution in [0.15, 0.2) is 95.1 Å². The maximum atomic E-state index is 13.2. The number of hydrogen-bond donors (Lipinski definition) is 0. The third-order valence-electron chi connectivity index (χ3n) is 5.99. The molecule has 6 rings (SSSR count). The fraction of sp³-hybridized carbons (Fsp3) is 0.111. The minimum absolute atomic E-state index is 0.0745. The summed E-state index contributed by atoms with van der Waals surface area (Å²) in [5, 5.41) is 7.57. The van der Waals surface area contributed by atoms with Crippen LogP contribution in [0.1, 0.15) is 33.9 Å². The van der Waals surface area contributed by atoms with Crippen LogP contribution in [-0.4, -0.2) is 25.5 Å². The van der Waals surface area contributed by atoms with Crippen LogP contribution in [0, 0.1) is 6.92 Å². The molecule has 0 N–H and O–H groups in total. The number of aromatic nitrogens is 4. The summed E-state index contributed by atoms with van der Waals surface area (Å²) in [6.07, 6.45) is 0.293. The van der Waals surface area contributed by atoms with Gasteiger partial charge in [0, 0.05) is 28.5 Å². The minimum Gasteiger partial charge on any atom is -0.294 e. The fourth-order valence-electron chi connectivity index (χ4n) is 4.29. The molecular formula is C27H20N4OS. The average molecular weight is 449 g/mol. The molecule has 1 atom stereocenters. The van der Waals surface area contributed by atoms with E-state index in [1.807, 2.05) is 71.4 Å². The first-order chi connectivity index (χ1) is 16.2. The van der Waals surface area contributed by atoms with Crippen molar-refractivity contribution in [3.63, 3.8) is 0 Å². The highest BCUT2D eigenvalue weighted by Gasteiger charge is 2.32. The Bertz CT molecular complexity index is 1500. The number of nitrogens with zero attached hydrogens (tertiary/aromatic N) is 4. The van der Waals surface area contributed by atoms with Crippen molar-refractivity contribution in [3.05, 3.63) is 102 Å². The van der Waals surface area contributed by atoms with Gasteiger partial charge in [-0.25, -0.2) is 14.6 Å². The Labute approximate surface area is 195 Å². The van der Waals surface area contributed by atoms with E-state index in [0.717, 1.165) is 37.8 Å². The van der Waals surface area contributed by atoms with Gasteiger partial charge in [-0.15, -0.1) is 5.10 Å². The van der Waals surface area contributed by atoms with Crippen molar-refractivity contribution in [1.82, 2.24) is 19.7 Å². The van der Waals surface area contributed by atoms with Gasteiger partial charge < -0.3 is 0 Å². The van der Waals surface area contributed by atoms with Crippen LogP contribution >= 0.6 is 11.8 Å². The lowest BCUT2D eigenvalue weighted by atomic mass is 9.97. The normalized spacial score (nSPS) is 14.6. The van der Waals surface area contributed by atoms with Gasteiger partial charge in [0.1, 0.15) is 5.03 Å². The lowest BCUT2D eigenvalue weighted by Crippen LogP contribution is -2.21. The zero-order valence-corrected chi connectivity index (χ0v) is 18.8. The van der Waals surface area contributed by atoms with Gasteiger partial charge in [0.25, 0.3) is 0 Å². The molecular weight excluding hydrogens is 428 g/mol. The monoisotopic (exact) mass is 448 g/mol. The number of fused-ring (bicyclic) bond motifs is 3. The van der Waals surface area contributed by atoms with Crippen molar-refractivity contribution in [2.75, 3.05) is 0 Å². The average Bonchev–Trinajstić information content (AvgIpc) is 3.28. The van der Waals surface area contributed by atoms with Crippen LogP contribution in [0.5, 0.6) is 0 Å². The molecule has 0 fully saturated rings. The topological polar surface area (TPSA) is 60.7 Å². The first-order valence-corrected chi connectivity index (χ1v) is 11.7. The summed E-state index contributed by atoms with van der Waals surface area (Å²) in [6.45, 7) is 2.07. The quantitative estimate of drug-likeness (QED) is 0.310. The van der Waals surface area contributed by atoms with E-state index >= 15 is 0 Å². The molecule has 1 aliphatic rings. The number of ketones is 1. The number of carbonyl (C=O) groups is 1. The molecule has 0 aliphatic carbocycles. The highest BCUT2D eigenvalue weighted by Crippen LogP contribution is 2.43. The first kappa shape index (κ1) is 19.9. The number of benzene rings is 3. The molecule has 1 unspecified atom stereocenters. The number of carbonyl (C=O) groups excluding carboxylic acids is 1. The summed E-state index contributed by atoms with van der Waals surface area (Å²) in [5.74, 6) is 0.731. The predicted molar refractivity (Wildman–Crippen MR) is 130 cm³/mol. The van der Waals surface area contributed by atoms with Crippen molar-refractivity contribution in [3.8, 4) is 11.4 Å². The van der Waals surface area contributed by atoms with Gasteiger partial charge in [-0.1, -0.05) is 78.9 Å². The maximum absolute atomic E-state index is 13.2. The lowest BCUT2D eigenvalue weighted by Gasteiger charge is -2.25. The maximum Gasteiger partial charge on any atom is 0.193 e. The molecule has 6 heteroatoms. The molecule has 0 radical (unpaired) electrons. The van der Waals surface area contributed by atoms with E-state index in [-0.39, 0.29) is 11.8 Å². The van der Waals surface area contributed by atoms with E-state index in [0.29, 0.717) is 17.8 Å². The Balaban J connectivity index is 1.50. The largest absolute Gasteiger partial charge is 0.294 e. The molecule has 2 aromatic heterocycles. The van der Waals surface area contributed by atoms with E-state index < -0.39 is 0 Å². The number of aryl methyl sites for hydroxylation is 1. The molecule has 5 nitrogen and oxygen atoms in total. The van der Waals surface area contributed by atoms with Crippen LogP contribution in [0.4, 0.5) is 0 Å². The highest BCUT2D eigenvalue weighted by molar-refractivity contribution is 7.99. The summed E-state index contributed by atoms with van der Waals surface area (Å²) in [6, 6.07) is 27.4. The van der Waals surface area contributed by atoms with Gasteiger partial charge >= 0.3 is 0 Å². The Hall–Kier alpha value is -3.77. The van der Waals surface area contributed by atoms with Crippen LogP contribution in [0.2, 0.25) is 0 Å². The van der Waals surface area contributed by atoms with Gasteiger partial charge in [0.05, 0.1) is 11.6 Å². The van der Waals surface area contributed by atoms with E-state index in [1.54, 1.807) is 0 Å². The van der Waals surface area contributed by atoms with Gasteiger partial charge in [-0.3, -0.25) is 4.79 Å². The SMILES string of the molecule is Cc1cccc2cc3c(nc12)Sc1nc(-c2ccccc2)nn1C3CC(=O)c1ccccc1. The molecule has 3 heterocycles. The molecule has 0 saturated carbocycles. The molecule has 0 bridgehead atoms. The Morgan fingerprint density at radius 3 is 2.48 bits per heavy atom. The Morgan fingerprint density at radius 2 is 1.70 bits per heavy atom. The Morgan fingerprint density at radius 1 is 0.939 bits per heavy atom. The molecule has 1 aliphatic heterocycles. The van der Waals surface area contributed by atoms with E-state index in [1.165, 1.54) is 11.8 Å². The third kappa shape index (κ3) is 3.52. The zero-order chi connectivity index (χ0) is 22.4. The Kier molecular flexibility index (Phi) is 4.80. The number of pyridine rings is 1. The summed E-state index contributed by atoms with van der Waals surface area (Å²) in [7, 11) is 0. The third-order valence-corrected chi connectivity index (χ3v) is 6.97. The molecule has 33 heavy (non-hydrogen) atoms. The van der Waals surface area contributed by atoms with Crippen molar-refractivity contribution < 1.29 is 4.79 Å². The van der Waals surface area contributed by atoms with E-state index in [2.05, 4.69) is 25.1 Å². The second-order valence-electron chi connectivity index (χ2n) is 8.17. The first-order valence-electron chi connectivity index (χ1n) is 10.9. The molecule has 0 saturated heterocycles. The van der Waals surface area contributed by atoms with Crippen LogP contribution in [0.25, 0.3) is 22.3 Å². The standard InChI is InChI=1S/C27H20N4OS/c1-17-9-8-14-20-15-21-22(16-23(32)18-10-4-2-5-11-18)31-27(33-26(21)28-24(17)20)29-25(30-31)19-12-6-3-7-13-19/h2-15,22H,16H2,1H3. The number of para-hydroxylation sites is 1. The minimum atomic E-state index is -0.272. The van der Waals surface area contributed by atoms with Crippen molar-refractivity contribution in [2.45, 2.75) is 29.6 Å². The van der Waals surface area contributed by atoms with Crippen molar-refractivity contribution in [2.24, 2.45) is 0 Å². The number of rotatable bonds is 4. The van der Waals surface area contributed by atoms with Crippen LogP contribution in [0.3, 0.4) is 0 Å². The lowest BCUT2D eigenvalue weighted by molar-refractivity contribution is 0.0964. The van der Waals surface area contributed by atoms with Crippen LogP contribution < -0.4 is 0 Å². The fourth-order valence-corrected chi connectivity index (χ4v) is 5.31. The van der Waals surface area contributed by atoms with Gasteiger partial charge in [-0.2, -0.15) is 0 Å². The predicted octanol–water partition coefficient (Wildman–Crippen LogP) is 6.13. The summed E-state index contributed by atoms with van der Waals surface area (Å²) >= 11 is 1.52.